The van der Waals surface area contributed by atoms with Gasteiger partial charge in [0.05, 0.1) is 123 Å². The highest BCUT2D eigenvalue weighted by molar-refractivity contribution is 4.51. The van der Waals surface area contributed by atoms with Gasteiger partial charge < -0.3 is 98.9 Å². The van der Waals surface area contributed by atoms with E-state index in [9.17, 15) is 5.11 Å². The molecule has 0 aromatic carbocycles. The van der Waals surface area contributed by atoms with Gasteiger partial charge in [-0.3, -0.25) is 0 Å². The molecule has 66 heavy (non-hydrogen) atoms. The highest BCUT2D eigenvalue weighted by atomic mass is 16.5. The van der Waals surface area contributed by atoms with Gasteiger partial charge in [0.25, 0.3) is 0 Å². The SMILES string of the molecule is C.C.CCCCN(C)CC[N+](C)(C)C.CCCCNCC[NH3+].CCCCOCC(O)C[N+](C)(C)C.CCCC[N+](C)(C)C.CCCC[N+](C)(C)CCN(C)C.CCCC[NH3+].[CH3-].[CH3-].[CH3-].[CH3-].[CH3-].[CH3-]. The molecule has 0 heterocycles. The fraction of sp³-hybridized carbons (Fsp3) is 0.891. The van der Waals surface area contributed by atoms with E-state index in [0.29, 0.717) is 6.61 Å². The Kier molecular flexibility index (Phi) is 111. The zero-order valence-corrected chi connectivity index (χ0v) is 50.4. The zero-order chi connectivity index (χ0) is 46.5. The maximum Gasteiger partial charge on any atom is 0.126 e. The summed E-state index contributed by atoms with van der Waals surface area (Å²) in [5.74, 6) is 0. The minimum atomic E-state index is -0.336. The fourth-order valence-corrected chi connectivity index (χ4v) is 4.76. The van der Waals surface area contributed by atoms with E-state index in [4.69, 9.17) is 4.74 Å². The Balaban J connectivity index is -0.0000000408. The first kappa shape index (κ1) is 103. The predicted octanol–water partition coefficient (Wildman–Crippen LogP) is 8.83. The molecule has 0 radical (unpaired) electrons. The summed E-state index contributed by atoms with van der Waals surface area (Å²) in [5.41, 5.74) is 7.40. The molecule has 0 aromatic rings. The van der Waals surface area contributed by atoms with Gasteiger partial charge >= 0.3 is 0 Å². The van der Waals surface area contributed by atoms with E-state index in [-0.39, 0.29) is 65.5 Å². The van der Waals surface area contributed by atoms with Crippen LogP contribution in [-0.2, 0) is 4.74 Å². The van der Waals surface area contributed by atoms with Gasteiger partial charge in [0.1, 0.15) is 12.6 Å². The second-order valence-corrected chi connectivity index (χ2v) is 20.3. The number of aliphatic hydroxyl groups excluding tert-OH is 1. The second-order valence-electron chi connectivity index (χ2n) is 20.3. The summed E-state index contributed by atoms with van der Waals surface area (Å²) in [6.45, 7) is 28.3. The summed E-state index contributed by atoms with van der Waals surface area (Å²) >= 11 is 0. The first-order valence-corrected chi connectivity index (χ1v) is 23.9. The number of hydrogen-bond acceptors (Lipinski definition) is 5. The first-order chi connectivity index (χ1) is 26.8. The lowest BCUT2D eigenvalue weighted by atomic mass is 10.3. The second kappa shape index (κ2) is 71.1. The number of quaternary nitrogens is 6. The van der Waals surface area contributed by atoms with E-state index in [2.05, 4.69) is 167 Å². The third-order valence-corrected chi connectivity index (χ3v) is 8.87. The highest BCUT2D eigenvalue weighted by Crippen LogP contribution is 2.01. The van der Waals surface area contributed by atoms with Crippen molar-refractivity contribution in [2.45, 2.75) is 140 Å². The average molecular weight is 967 g/mol. The number of nitrogens with one attached hydrogen (secondary N) is 1. The number of rotatable bonds is 29. The molecular weight excluding hydrogens is 819 g/mol. The molecule has 11 heteroatoms. The number of nitrogens with zero attached hydrogens (tertiary/aromatic N) is 6. The third-order valence-electron chi connectivity index (χ3n) is 8.87. The van der Waals surface area contributed by atoms with Crippen LogP contribution in [0.3, 0.4) is 0 Å². The standard InChI is InChI=1S/2C10H25N2.C10H24NO2.C7H18N.C6H16N2.C4H11N.2CH4.6CH3/c1-6-7-9-12(4,5)10-8-11(2)3;1-6-7-8-11(2)9-10-12(3,4)5;1-5-6-7-13-9-10(12)8-11(2,3)4;1-5-6-7-8(2,3)4;1-2-3-5-8-6-4-7;1-2-3-4-5;;;;;;;;/h2*6-10H2,1-5H3;10,12H,5-9H2,1-4H3;5-7H2,1-4H3;8H,2-7H2,1H3;2-5H2,1H3;2*1H4;6*1H3/q4*+1;;;;;6*-1/p+2. The van der Waals surface area contributed by atoms with E-state index in [1.807, 2.05) is 0 Å². The van der Waals surface area contributed by atoms with Crippen LogP contribution in [-0.4, -0.2) is 229 Å². The predicted molar refractivity (Wildman–Crippen MR) is 313 cm³/mol. The smallest absolute Gasteiger partial charge is 0.126 e. The van der Waals surface area contributed by atoms with Crippen LogP contribution in [0.5, 0.6) is 0 Å². The maximum atomic E-state index is 9.54. The van der Waals surface area contributed by atoms with Crippen LogP contribution < -0.4 is 16.8 Å². The molecule has 0 fully saturated rings. The largest absolute Gasteiger partial charge is 0.385 e. The van der Waals surface area contributed by atoms with Crippen LogP contribution >= 0.6 is 0 Å². The van der Waals surface area contributed by atoms with Crippen molar-refractivity contribution in [1.29, 1.82) is 0 Å². The number of likely N-dealkylation sites (N-methyl/N-ethyl adjacent to an activating group) is 5. The van der Waals surface area contributed by atoms with Gasteiger partial charge in [-0.25, -0.2) is 0 Å². The summed E-state index contributed by atoms with van der Waals surface area (Å²) < 4.78 is 9.43. The molecule has 0 saturated heterocycles. The van der Waals surface area contributed by atoms with Crippen LogP contribution in [0.2, 0.25) is 0 Å². The monoisotopic (exact) mass is 966 g/mol. The Hall–Kier alpha value is -0.440. The molecule has 0 saturated carbocycles. The van der Waals surface area contributed by atoms with E-state index in [1.54, 1.807) is 0 Å². The average Bonchev–Trinajstić information content (AvgIpc) is 3.11. The van der Waals surface area contributed by atoms with Gasteiger partial charge in [-0.15, -0.1) is 0 Å². The third kappa shape index (κ3) is 131. The van der Waals surface area contributed by atoms with Gasteiger partial charge in [0.15, 0.2) is 0 Å². The summed E-state index contributed by atoms with van der Waals surface area (Å²) in [5, 5.41) is 12.8. The van der Waals surface area contributed by atoms with Gasteiger partial charge in [-0.1, -0.05) is 94.9 Å². The van der Waals surface area contributed by atoms with E-state index in [1.165, 1.54) is 110 Å². The summed E-state index contributed by atoms with van der Waals surface area (Å²) in [6.07, 6.45) is 15.0. The van der Waals surface area contributed by atoms with Gasteiger partial charge in [0.2, 0.25) is 0 Å². The Bertz CT molecular complexity index is 731. The van der Waals surface area contributed by atoms with Crippen molar-refractivity contribution in [2.75, 3.05) is 190 Å². The summed E-state index contributed by atoms with van der Waals surface area (Å²) in [6, 6.07) is 0. The van der Waals surface area contributed by atoms with Crippen molar-refractivity contribution < 1.29 is 39.2 Å². The van der Waals surface area contributed by atoms with Crippen molar-refractivity contribution in [3.63, 3.8) is 0 Å². The lowest BCUT2D eigenvalue weighted by Crippen LogP contribution is -2.54. The molecule has 0 aromatic heterocycles. The first-order valence-electron chi connectivity index (χ1n) is 23.9. The molecule has 1 unspecified atom stereocenters. The van der Waals surface area contributed by atoms with Crippen molar-refractivity contribution >= 4 is 0 Å². The van der Waals surface area contributed by atoms with Crippen molar-refractivity contribution in [2.24, 2.45) is 0 Å². The topological polar surface area (TPSA) is 103 Å². The Labute approximate surface area is 427 Å². The number of hydrogen-bond donors (Lipinski definition) is 4. The molecule has 0 rings (SSSR count). The van der Waals surface area contributed by atoms with Gasteiger partial charge in [-0.05, 0) is 72.8 Å². The van der Waals surface area contributed by atoms with Gasteiger partial charge in [-0.2, -0.15) is 0 Å². The van der Waals surface area contributed by atoms with E-state index >= 15 is 0 Å². The lowest BCUT2D eigenvalue weighted by molar-refractivity contribution is -0.890. The minimum Gasteiger partial charge on any atom is -0.385 e. The quantitative estimate of drug-likeness (QED) is 0.0341. The van der Waals surface area contributed by atoms with Crippen molar-refractivity contribution in [3.05, 3.63) is 44.6 Å². The minimum absolute atomic E-state index is 0. The number of aliphatic hydroxyl groups is 1. The molecule has 11 nitrogen and oxygen atoms in total. The van der Waals surface area contributed by atoms with E-state index < -0.39 is 0 Å². The lowest BCUT2D eigenvalue weighted by Gasteiger charge is -2.30. The molecule has 8 N–H and O–H groups in total. The zero-order valence-electron chi connectivity index (χ0n) is 50.4. The molecule has 0 aliphatic rings. The molecule has 0 aliphatic carbocycles. The van der Waals surface area contributed by atoms with Crippen LogP contribution in [0.1, 0.15) is 133 Å². The maximum absolute atomic E-state index is 9.54. The molecule has 0 spiro atoms. The van der Waals surface area contributed by atoms with Crippen LogP contribution in [0.15, 0.2) is 0 Å². The van der Waals surface area contributed by atoms with Crippen molar-refractivity contribution in [1.82, 2.24) is 15.1 Å². The Morgan fingerprint density at radius 3 is 1.23 bits per heavy atom. The van der Waals surface area contributed by atoms with Crippen LogP contribution in [0.25, 0.3) is 0 Å². The Morgan fingerprint density at radius 2 is 0.909 bits per heavy atom. The normalized spacial score (nSPS) is 10.7. The van der Waals surface area contributed by atoms with Crippen LogP contribution in [0.4, 0.5) is 0 Å². The molecular formula is C55H147N9O2. The number of unbranched alkanes of at least 4 members (excludes halogenated alkanes) is 6. The molecule has 0 aliphatic heterocycles. The summed E-state index contributed by atoms with van der Waals surface area (Å²) in [7, 11) is 30.7. The van der Waals surface area contributed by atoms with Gasteiger partial charge in [0, 0.05) is 26.2 Å². The molecule has 0 bridgehead atoms. The molecule has 0 amide bonds. The highest BCUT2D eigenvalue weighted by Gasteiger charge is 2.15. The fourth-order valence-electron chi connectivity index (χ4n) is 4.76. The van der Waals surface area contributed by atoms with E-state index in [0.717, 1.165) is 70.1 Å². The van der Waals surface area contributed by atoms with Crippen molar-refractivity contribution in [3.8, 4) is 0 Å². The van der Waals surface area contributed by atoms with Crippen LogP contribution in [0, 0.1) is 44.6 Å². The number of ether oxygens (including phenoxy) is 1. The molecule has 424 valence electrons. The Morgan fingerprint density at radius 1 is 0.485 bits per heavy atom. The molecule has 1 atom stereocenters. The summed E-state index contributed by atoms with van der Waals surface area (Å²) in [4.78, 5) is 4.68.